The Morgan fingerprint density at radius 3 is 2.26 bits per heavy atom. The molecule has 1 N–H and O–H groups in total. The third-order valence-corrected chi connectivity index (χ3v) is 4.72. The van der Waals surface area contributed by atoms with Gasteiger partial charge in [0.05, 0.1) is 3.79 Å². The lowest BCUT2D eigenvalue weighted by atomic mass is 10.2. The minimum atomic E-state index is 0.876. The summed E-state index contributed by atoms with van der Waals surface area (Å²) in [5.74, 6) is 0. The van der Waals surface area contributed by atoms with Crippen LogP contribution in [0.25, 0.3) is 0 Å². The lowest BCUT2D eigenvalue weighted by Crippen LogP contribution is -2.21. The molecule has 1 aromatic heterocycles. The van der Waals surface area contributed by atoms with Crippen LogP contribution in [0, 0.1) is 0 Å². The van der Waals surface area contributed by atoms with Gasteiger partial charge in [0.15, 0.2) is 0 Å². The van der Waals surface area contributed by atoms with E-state index in [1.54, 1.807) is 11.3 Å². The first-order chi connectivity index (χ1) is 9.22. The van der Waals surface area contributed by atoms with E-state index in [0.717, 1.165) is 19.6 Å². The van der Waals surface area contributed by atoms with Crippen LogP contribution < -0.4 is 10.2 Å². The molecule has 0 spiro atoms. The van der Waals surface area contributed by atoms with E-state index in [2.05, 4.69) is 76.4 Å². The van der Waals surface area contributed by atoms with Crippen LogP contribution in [0.3, 0.4) is 0 Å². The summed E-state index contributed by atoms with van der Waals surface area (Å²) in [4.78, 5) is 3.68. The van der Waals surface area contributed by atoms with Gasteiger partial charge in [0, 0.05) is 35.9 Å². The average Bonchev–Trinajstić information content (AvgIpc) is 2.85. The Morgan fingerprint density at radius 2 is 1.74 bits per heavy atom. The molecular formula is C15H19BrN2S. The molecular weight excluding hydrogens is 320 g/mol. The van der Waals surface area contributed by atoms with E-state index >= 15 is 0 Å². The number of benzene rings is 1. The topological polar surface area (TPSA) is 15.3 Å². The van der Waals surface area contributed by atoms with Crippen molar-refractivity contribution in [2.75, 3.05) is 23.3 Å². The second kappa shape index (κ2) is 6.96. The Labute approximate surface area is 127 Å². The molecule has 0 aliphatic carbocycles. The summed E-state index contributed by atoms with van der Waals surface area (Å²) in [5, 5.41) is 3.45. The van der Waals surface area contributed by atoms with Gasteiger partial charge in [0.25, 0.3) is 0 Å². The molecule has 0 atom stereocenters. The number of nitrogens with one attached hydrogen (secondary N) is 1. The molecule has 0 bridgehead atoms. The number of anilines is 2. The van der Waals surface area contributed by atoms with Crippen LogP contribution in [-0.4, -0.2) is 13.1 Å². The minimum Gasteiger partial charge on any atom is -0.380 e. The van der Waals surface area contributed by atoms with Gasteiger partial charge in [0.2, 0.25) is 0 Å². The Balaban J connectivity index is 1.95. The molecule has 0 amide bonds. The Kier molecular flexibility index (Phi) is 5.28. The lowest BCUT2D eigenvalue weighted by molar-refractivity contribution is 0.866. The molecule has 0 unspecified atom stereocenters. The monoisotopic (exact) mass is 338 g/mol. The van der Waals surface area contributed by atoms with Gasteiger partial charge < -0.3 is 10.2 Å². The highest BCUT2D eigenvalue weighted by atomic mass is 79.9. The zero-order valence-electron chi connectivity index (χ0n) is 11.3. The smallest absolute Gasteiger partial charge is 0.0702 e. The number of halogens is 1. The predicted molar refractivity (Wildman–Crippen MR) is 89.3 cm³/mol. The van der Waals surface area contributed by atoms with E-state index in [1.165, 1.54) is 20.0 Å². The average molecular weight is 339 g/mol. The molecule has 2 nitrogen and oxygen atoms in total. The minimum absolute atomic E-state index is 0.876. The molecule has 1 heterocycles. The molecule has 0 aliphatic rings. The van der Waals surface area contributed by atoms with Crippen LogP contribution in [0.4, 0.5) is 11.4 Å². The Hall–Kier alpha value is -1.00. The molecule has 102 valence electrons. The largest absolute Gasteiger partial charge is 0.380 e. The first-order valence-corrected chi connectivity index (χ1v) is 8.17. The van der Waals surface area contributed by atoms with Crippen molar-refractivity contribution < 1.29 is 0 Å². The normalized spacial score (nSPS) is 10.5. The number of hydrogen-bond acceptors (Lipinski definition) is 3. The lowest BCUT2D eigenvalue weighted by Gasteiger charge is -2.21. The molecule has 2 rings (SSSR count). The highest BCUT2D eigenvalue weighted by Gasteiger charge is 2.02. The summed E-state index contributed by atoms with van der Waals surface area (Å²) in [6.07, 6.45) is 0. The van der Waals surface area contributed by atoms with E-state index in [-0.39, 0.29) is 0 Å². The van der Waals surface area contributed by atoms with Gasteiger partial charge in [-0.1, -0.05) is 0 Å². The number of hydrogen-bond donors (Lipinski definition) is 1. The highest BCUT2D eigenvalue weighted by Crippen LogP contribution is 2.23. The quantitative estimate of drug-likeness (QED) is 0.799. The van der Waals surface area contributed by atoms with Crippen molar-refractivity contribution >= 4 is 38.6 Å². The standard InChI is InChI=1S/C15H19BrN2S/c1-3-18(4-2)13-7-5-12(6-8-13)17-11-14-9-10-15(16)19-14/h5-10,17H,3-4,11H2,1-2H3. The zero-order chi connectivity index (χ0) is 13.7. The number of thiophene rings is 1. The summed E-state index contributed by atoms with van der Waals surface area (Å²) in [5.41, 5.74) is 2.45. The maximum atomic E-state index is 3.48. The molecule has 0 fully saturated rings. The van der Waals surface area contributed by atoms with E-state index in [9.17, 15) is 0 Å². The van der Waals surface area contributed by atoms with E-state index in [1.807, 2.05) is 0 Å². The third-order valence-electron chi connectivity index (χ3n) is 3.09. The number of rotatable bonds is 6. The molecule has 0 radical (unpaired) electrons. The summed E-state index contributed by atoms with van der Waals surface area (Å²) in [6.45, 7) is 7.34. The predicted octanol–water partition coefficient (Wildman–Crippen LogP) is 4.97. The van der Waals surface area contributed by atoms with Crippen molar-refractivity contribution in [2.24, 2.45) is 0 Å². The second-order valence-electron chi connectivity index (χ2n) is 4.28. The first-order valence-electron chi connectivity index (χ1n) is 6.56. The van der Waals surface area contributed by atoms with Gasteiger partial charge in [-0.2, -0.15) is 0 Å². The summed E-state index contributed by atoms with van der Waals surface area (Å²) < 4.78 is 1.18. The first kappa shape index (κ1) is 14.4. The fraction of sp³-hybridized carbons (Fsp3) is 0.333. The summed E-state index contributed by atoms with van der Waals surface area (Å²) in [7, 11) is 0. The zero-order valence-corrected chi connectivity index (χ0v) is 13.7. The fourth-order valence-electron chi connectivity index (χ4n) is 2.01. The molecule has 0 saturated carbocycles. The van der Waals surface area contributed by atoms with Crippen LogP contribution >= 0.6 is 27.3 Å². The van der Waals surface area contributed by atoms with E-state index in [0.29, 0.717) is 0 Å². The second-order valence-corrected chi connectivity index (χ2v) is 6.83. The van der Waals surface area contributed by atoms with Crippen LogP contribution in [0.1, 0.15) is 18.7 Å². The maximum Gasteiger partial charge on any atom is 0.0702 e. The fourth-order valence-corrected chi connectivity index (χ4v) is 3.44. The van der Waals surface area contributed by atoms with E-state index < -0.39 is 0 Å². The van der Waals surface area contributed by atoms with Gasteiger partial charge in [0.1, 0.15) is 0 Å². The molecule has 0 aliphatic heterocycles. The van der Waals surface area contributed by atoms with Gasteiger partial charge in [-0.25, -0.2) is 0 Å². The van der Waals surface area contributed by atoms with Gasteiger partial charge in [-0.15, -0.1) is 11.3 Å². The molecule has 4 heteroatoms. The molecule has 1 aromatic carbocycles. The van der Waals surface area contributed by atoms with Gasteiger partial charge in [-0.3, -0.25) is 0 Å². The van der Waals surface area contributed by atoms with Crippen LogP contribution in [0.15, 0.2) is 40.2 Å². The van der Waals surface area contributed by atoms with Crippen molar-refractivity contribution in [3.05, 3.63) is 45.1 Å². The summed E-state index contributed by atoms with van der Waals surface area (Å²) in [6, 6.07) is 12.9. The Bertz CT molecular complexity index is 503. The summed E-state index contributed by atoms with van der Waals surface area (Å²) >= 11 is 5.25. The van der Waals surface area contributed by atoms with Crippen molar-refractivity contribution in [3.8, 4) is 0 Å². The Morgan fingerprint density at radius 1 is 1.05 bits per heavy atom. The van der Waals surface area contributed by atoms with Crippen molar-refractivity contribution in [1.29, 1.82) is 0 Å². The van der Waals surface area contributed by atoms with Crippen LogP contribution in [0.2, 0.25) is 0 Å². The van der Waals surface area contributed by atoms with Gasteiger partial charge in [-0.05, 0) is 66.2 Å². The highest BCUT2D eigenvalue weighted by molar-refractivity contribution is 9.11. The van der Waals surface area contributed by atoms with Crippen LogP contribution in [-0.2, 0) is 6.54 Å². The molecule has 0 saturated heterocycles. The van der Waals surface area contributed by atoms with Crippen molar-refractivity contribution in [1.82, 2.24) is 0 Å². The van der Waals surface area contributed by atoms with Gasteiger partial charge >= 0.3 is 0 Å². The SMILES string of the molecule is CCN(CC)c1ccc(NCc2ccc(Br)s2)cc1. The molecule has 2 aromatic rings. The van der Waals surface area contributed by atoms with Crippen molar-refractivity contribution in [3.63, 3.8) is 0 Å². The van der Waals surface area contributed by atoms with E-state index in [4.69, 9.17) is 0 Å². The number of nitrogens with zero attached hydrogens (tertiary/aromatic N) is 1. The van der Waals surface area contributed by atoms with Crippen LogP contribution in [0.5, 0.6) is 0 Å². The maximum absolute atomic E-state index is 3.48. The third kappa shape index (κ3) is 3.98. The van der Waals surface area contributed by atoms with Crippen molar-refractivity contribution in [2.45, 2.75) is 20.4 Å². The molecule has 19 heavy (non-hydrogen) atoms.